The Morgan fingerprint density at radius 2 is 1.35 bits per heavy atom. The van der Waals surface area contributed by atoms with Crippen LogP contribution in [0.25, 0.3) is 0 Å². The van der Waals surface area contributed by atoms with Gasteiger partial charge in [0.15, 0.2) is 33.0 Å². The zero-order chi connectivity index (χ0) is 42.1. The standard InChI is InChI=1S/C37H21Cl2F11N2O5/c1-2-4-13-5-3-6-19(29(13)53)22-17-7-8-18-21(31(55)51(30(18)54)16-10-14(36(45,46)47)9-15(11-16)37(48,49)50)20(17)12-34(38)32(56)52(33(57)35(22,34)39)28-26(43)24(41)23(40)25(42)27(28)44/h2-3,5-7,9-11,18,20-22,53H,1,4,8,12H2. The lowest BCUT2D eigenvalue weighted by Gasteiger charge is -2.50. The number of carbonyl (C=O) groups is 4. The third-order valence-corrected chi connectivity index (χ3v) is 12.3. The highest BCUT2D eigenvalue weighted by Gasteiger charge is 2.77. The van der Waals surface area contributed by atoms with Crippen molar-refractivity contribution in [1.29, 1.82) is 0 Å². The van der Waals surface area contributed by atoms with E-state index in [1.54, 1.807) is 0 Å². The molecule has 6 unspecified atom stereocenters. The van der Waals surface area contributed by atoms with Crippen molar-refractivity contribution < 1.29 is 72.6 Å². The molecule has 7 rings (SSSR count). The van der Waals surface area contributed by atoms with Crippen LogP contribution in [0.3, 0.4) is 0 Å². The first kappa shape index (κ1) is 40.2. The Labute approximate surface area is 322 Å². The van der Waals surface area contributed by atoms with Crippen LogP contribution < -0.4 is 9.80 Å². The van der Waals surface area contributed by atoms with Crippen LogP contribution >= 0.6 is 23.2 Å². The minimum Gasteiger partial charge on any atom is -0.507 e. The van der Waals surface area contributed by atoms with Crippen LogP contribution in [0.5, 0.6) is 5.75 Å². The molecule has 6 atom stereocenters. The Kier molecular flexibility index (Phi) is 9.19. The van der Waals surface area contributed by atoms with E-state index in [9.17, 15) is 63.8 Å². The van der Waals surface area contributed by atoms with Crippen molar-refractivity contribution in [2.24, 2.45) is 17.8 Å². The maximum atomic E-state index is 15.3. The first-order valence-electron chi connectivity index (χ1n) is 16.5. The molecule has 1 saturated carbocycles. The van der Waals surface area contributed by atoms with Crippen LogP contribution in [0, 0.1) is 46.8 Å². The molecule has 7 nitrogen and oxygen atoms in total. The zero-order valence-electron chi connectivity index (χ0n) is 28.1. The van der Waals surface area contributed by atoms with Crippen molar-refractivity contribution in [1.82, 2.24) is 0 Å². The summed E-state index contributed by atoms with van der Waals surface area (Å²) in [4.78, 5) is 50.5. The monoisotopic (exact) mass is 852 g/mol. The highest BCUT2D eigenvalue weighted by Crippen LogP contribution is 2.67. The molecular formula is C37H21Cl2F11N2O5. The van der Waals surface area contributed by atoms with Crippen molar-refractivity contribution in [3.8, 4) is 5.75 Å². The zero-order valence-corrected chi connectivity index (χ0v) is 29.7. The Bertz CT molecular complexity index is 2320. The minimum absolute atomic E-state index is 0.0384. The number of alkyl halides is 8. The Balaban J connectivity index is 1.44. The lowest BCUT2D eigenvalue weighted by Crippen LogP contribution is -2.60. The largest absolute Gasteiger partial charge is 0.507 e. The summed E-state index contributed by atoms with van der Waals surface area (Å²) in [7, 11) is 0. The Hall–Kier alpha value is -4.97. The average molecular weight is 853 g/mol. The molecule has 20 heteroatoms. The van der Waals surface area contributed by atoms with Gasteiger partial charge in [-0.3, -0.25) is 19.2 Å². The number of fused-ring (bicyclic) bond motifs is 4. The fraction of sp³-hybridized carbons (Fsp3) is 0.297. The van der Waals surface area contributed by atoms with E-state index < -0.39 is 144 Å². The van der Waals surface area contributed by atoms with Gasteiger partial charge in [-0.1, -0.05) is 35.9 Å². The first-order chi connectivity index (χ1) is 26.4. The number of hydrogen-bond donors (Lipinski definition) is 1. The molecule has 2 aliphatic carbocycles. The van der Waals surface area contributed by atoms with Crippen LogP contribution in [0.2, 0.25) is 0 Å². The summed E-state index contributed by atoms with van der Waals surface area (Å²) < 4.78 is 156. The molecule has 3 fully saturated rings. The first-order valence-corrected chi connectivity index (χ1v) is 17.3. The van der Waals surface area contributed by atoms with Gasteiger partial charge in [-0.15, -0.1) is 29.8 Å². The molecule has 2 heterocycles. The molecule has 4 amide bonds. The van der Waals surface area contributed by atoms with Crippen molar-refractivity contribution in [3.05, 3.63) is 112 Å². The molecule has 4 aliphatic rings. The van der Waals surface area contributed by atoms with E-state index in [1.165, 1.54) is 30.4 Å². The summed E-state index contributed by atoms with van der Waals surface area (Å²) in [6.07, 6.45) is -9.73. The number of aromatic hydroxyl groups is 1. The summed E-state index contributed by atoms with van der Waals surface area (Å²) in [5.41, 5.74) is -7.20. The van der Waals surface area contributed by atoms with Gasteiger partial charge in [-0.25, -0.2) is 31.8 Å². The van der Waals surface area contributed by atoms with E-state index in [0.717, 1.165) is 0 Å². The number of imide groups is 2. The summed E-state index contributed by atoms with van der Waals surface area (Å²) in [6.45, 7) is 3.57. The fourth-order valence-electron chi connectivity index (χ4n) is 8.40. The Morgan fingerprint density at radius 1 is 0.789 bits per heavy atom. The number of para-hydroxylation sites is 1. The van der Waals surface area contributed by atoms with Crippen LogP contribution in [-0.4, -0.2) is 38.5 Å². The number of benzene rings is 3. The van der Waals surface area contributed by atoms with Crippen molar-refractivity contribution >= 4 is 58.2 Å². The minimum atomic E-state index is -5.38. The van der Waals surface area contributed by atoms with Gasteiger partial charge in [0.05, 0.1) is 28.7 Å². The maximum Gasteiger partial charge on any atom is 0.416 e. The van der Waals surface area contributed by atoms with Gasteiger partial charge in [0, 0.05) is 11.5 Å². The van der Waals surface area contributed by atoms with Gasteiger partial charge in [0.1, 0.15) is 11.4 Å². The van der Waals surface area contributed by atoms with Gasteiger partial charge < -0.3 is 5.11 Å². The van der Waals surface area contributed by atoms with Gasteiger partial charge in [-0.2, -0.15) is 26.3 Å². The number of carbonyl (C=O) groups excluding carboxylic acids is 4. The van der Waals surface area contributed by atoms with Crippen LogP contribution in [-0.2, 0) is 38.0 Å². The third kappa shape index (κ3) is 5.52. The van der Waals surface area contributed by atoms with Gasteiger partial charge in [0.2, 0.25) is 17.6 Å². The molecule has 1 N–H and O–H groups in total. The molecule has 2 saturated heterocycles. The molecular weight excluding hydrogens is 832 g/mol. The maximum absolute atomic E-state index is 15.3. The highest BCUT2D eigenvalue weighted by molar-refractivity contribution is 6.58. The Morgan fingerprint density at radius 3 is 1.89 bits per heavy atom. The molecule has 0 radical (unpaired) electrons. The van der Waals surface area contributed by atoms with Gasteiger partial charge >= 0.3 is 12.4 Å². The topological polar surface area (TPSA) is 95.0 Å². The molecule has 300 valence electrons. The number of phenols is 1. The van der Waals surface area contributed by atoms with E-state index >= 15 is 8.78 Å². The molecule has 0 aromatic heterocycles. The third-order valence-electron chi connectivity index (χ3n) is 10.9. The number of allylic oxidation sites excluding steroid dienone is 3. The summed E-state index contributed by atoms with van der Waals surface area (Å²) in [5.74, 6) is -26.8. The summed E-state index contributed by atoms with van der Waals surface area (Å²) >= 11 is 14.1. The molecule has 2 aliphatic heterocycles. The van der Waals surface area contributed by atoms with Crippen LogP contribution in [0.4, 0.5) is 59.7 Å². The van der Waals surface area contributed by atoms with Crippen LogP contribution in [0.15, 0.2) is 60.7 Å². The smallest absolute Gasteiger partial charge is 0.416 e. The van der Waals surface area contributed by atoms with Crippen molar-refractivity contribution in [3.63, 3.8) is 0 Å². The highest BCUT2D eigenvalue weighted by atomic mass is 35.5. The number of halogens is 13. The second kappa shape index (κ2) is 13.0. The molecule has 0 spiro atoms. The van der Waals surface area contributed by atoms with Gasteiger partial charge in [-0.05, 0) is 48.9 Å². The number of anilines is 2. The summed E-state index contributed by atoms with van der Waals surface area (Å²) in [5, 5.41) is 11.5. The predicted molar refractivity (Wildman–Crippen MR) is 177 cm³/mol. The average Bonchev–Trinajstić information content (AvgIpc) is 3.48. The second-order valence-corrected chi connectivity index (χ2v) is 15.1. The van der Waals surface area contributed by atoms with E-state index in [1.807, 2.05) is 0 Å². The van der Waals surface area contributed by atoms with E-state index in [0.29, 0.717) is 0 Å². The van der Waals surface area contributed by atoms with Crippen molar-refractivity contribution in [2.75, 3.05) is 9.80 Å². The number of phenolic OH excluding ortho intramolecular Hbond substituents is 1. The van der Waals surface area contributed by atoms with Crippen LogP contribution in [0.1, 0.15) is 41.0 Å². The number of rotatable bonds is 5. The van der Waals surface area contributed by atoms with E-state index in [2.05, 4.69) is 6.58 Å². The second-order valence-electron chi connectivity index (χ2n) is 13.8. The van der Waals surface area contributed by atoms with Gasteiger partial charge in [0.25, 0.3) is 11.8 Å². The van der Waals surface area contributed by atoms with E-state index in [-0.39, 0.29) is 46.2 Å². The number of nitrogens with zero attached hydrogens (tertiary/aromatic N) is 2. The van der Waals surface area contributed by atoms with Crippen molar-refractivity contribution in [2.45, 2.75) is 47.3 Å². The quantitative estimate of drug-likeness (QED) is 0.0693. The fourth-order valence-corrected chi connectivity index (χ4v) is 9.33. The number of amides is 4. The molecule has 0 bridgehead atoms. The SMILES string of the molecule is C=CCc1cccc(C2C3=CCC4C(=O)N(c5cc(C(F)(F)F)cc(C(F)(F)F)c5)C(=O)C4C3CC3(Cl)C(=O)N(c4c(F)c(F)c(F)c(F)c4F)C(=O)C23Cl)c1O. The summed E-state index contributed by atoms with van der Waals surface area (Å²) in [6, 6.07) is 3.98. The number of hydrogen-bond acceptors (Lipinski definition) is 5. The lowest BCUT2D eigenvalue weighted by atomic mass is 9.56. The lowest BCUT2D eigenvalue weighted by molar-refractivity contribution is -0.143. The predicted octanol–water partition coefficient (Wildman–Crippen LogP) is 8.62. The normalized spacial score (nSPS) is 27.4. The molecule has 3 aromatic rings. The molecule has 3 aromatic carbocycles. The van der Waals surface area contributed by atoms with E-state index in [4.69, 9.17) is 23.2 Å². The molecule has 57 heavy (non-hydrogen) atoms.